The molecule has 8 heteroatoms. The van der Waals surface area contributed by atoms with Gasteiger partial charge in [0.05, 0.1) is 6.04 Å². The highest BCUT2D eigenvalue weighted by Crippen LogP contribution is 2.18. The van der Waals surface area contributed by atoms with Crippen molar-refractivity contribution < 1.29 is 13.6 Å². The van der Waals surface area contributed by atoms with E-state index in [0.717, 1.165) is 18.2 Å². The summed E-state index contributed by atoms with van der Waals surface area (Å²) < 4.78 is 26.9. The van der Waals surface area contributed by atoms with Crippen LogP contribution in [0.2, 0.25) is 0 Å². The van der Waals surface area contributed by atoms with Crippen LogP contribution in [0.25, 0.3) is 0 Å². The molecule has 0 aliphatic heterocycles. The van der Waals surface area contributed by atoms with Crippen molar-refractivity contribution in [3.8, 4) is 0 Å². The normalized spacial score (nSPS) is 12.0. The Morgan fingerprint density at radius 2 is 1.96 bits per heavy atom. The van der Waals surface area contributed by atoms with Crippen LogP contribution in [0.5, 0.6) is 0 Å². The van der Waals surface area contributed by atoms with Gasteiger partial charge in [-0.2, -0.15) is 0 Å². The maximum absolute atomic E-state index is 13.7. The zero-order chi connectivity index (χ0) is 17.9. The first-order valence-electron chi connectivity index (χ1n) is 7.34. The van der Waals surface area contributed by atoms with Crippen LogP contribution in [-0.4, -0.2) is 15.9 Å². The van der Waals surface area contributed by atoms with Gasteiger partial charge in [-0.1, -0.05) is 0 Å². The predicted octanol–water partition coefficient (Wildman–Crippen LogP) is 1.46. The van der Waals surface area contributed by atoms with Crippen LogP contribution in [-0.2, 0) is 11.2 Å². The van der Waals surface area contributed by atoms with E-state index in [-0.39, 0.29) is 18.4 Å². The summed E-state index contributed by atoms with van der Waals surface area (Å²) in [6.45, 7) is 3.10. The van der Waals surface area contributed by atoms with Crippen molar-refractivity contribution in [2.24, 2.45) is 0 Å². The number of H-pyrrole nitrogens is 2. The fourth-order valence-electron chi connectivity index (χ4n) is 2.40. The Kier molecular flexibility index (Phi) is 5.28. The summed E-state index contributed by atoms with van der Waals surface area (Å²) in [6.07, 6.45) is 0.0827. The lowest BCUT2D eigenvalue weighted by atomic mass is 10.1. The zero-order valence-electron chi connectivity index (χ0n) is 13.2. The van der Waals surface area contributed by atoms with Crippen molar-refractivity contribution in [3.63, 3.8) is 0 Å². The molecule has 2 aromatic rings. The highest BCUT2D eigenvalue weighted by molar-refractivity contribution is 5.76. The predicted molar refractivity (Wildman–Crippen MR) is 83.7 cm³/mol. The van der Waals surface area contributed by atoms with Gasteiger partial charge >= 0.3 is 5.69 Å². The van der Waals surface area contributed by atoms with Crippen molar-refractivity contribution in [1.82, 2.24) is 15.3 Å². The van der Waals surface area contributed by atoms with Crippen molar-refractivity contribution in [2.75, 3.05) is 0 Å². The van der Waals surface area contributed by atoms with Gasteiger partial charge in [0.15, 0.2) is 0 Å². The minimum absolute atomic E-state index is 0.0305. The van der Waals surface area contributed by atoms with E-state index >= 15 is 0 Å². The molecular formula is C16H17F2N3O3. The Balaban J connectivity index is 2.02. The van der Waals surface area contributed by atoms with E-state index in [1.165, 1.54) is 6.92 Å². The largest absolute Gasteiger partial charge is 0.349 e. The number of rotatable bonds is 5. The summed E-state index contributed by atoms with van der Waals surface area (Å²) >= 11 is 0. The fourth-order valence-corrected chi connectivity index (χ4v) is 2.40. The van der Waals surface area contributed by atoms with Crippen molar-refractivity contribution in [1.29, 1.82) is 0 Å². The van der Waals surface area contributed by atoms with Crippen LogP contribution in [0.3, 0.4) is 0 Å². The number of nitrogens with one attached hydrogen (secondary N) is 3. The Morgan fingerprint density at radius 1 is 1.25 bits per heavy atom. The molecule has 0 bridgehead atoms. The molecule has 6 nitrogen and oxygen atoms in total. The van der Waals surface area contributed by atoms with E-state index in [0.29, 0.717) is 11.3 Å². The number of halogens is 2. The Hall–Kier alpha value is -2.77. The second kappa shape index (κ2) is 7.20. The fraction of sp³-hybridized carbons (Fsp3) is 0.312. The van der Waals surface area contributed by atoms with Crippen LogP contribution < -0.4 is 16.6 Å². The molecule has 128 valence electrons. The molecule has 1 aromatic carbocycles. The quantitative estimate of drug-likeness (QED) is 0.771. The topological polar surface area (TPSA) is 94.8 Å². The number of hydrogen-bond donors (Lipinski definition) is 3. The van der Waals surface area contributed by atoms with Crippen LogP contribution >= 0.6 is 0 Å². The molecule has 0 aliphatic carbocycles. The SMILES string of the molecule is Cc1[nH]c(=O)[nH]c(=O)c1CCC(=O)NC(C)c1cc(F)ccc1F. The number of hydrogen-bond acceptors (Lipinski definition) is 3. The molecule has 3 N–H and O–H groups in total. The van der Waals surface area contributed by atoms with Gasteiger partial charge in [0, 0.05) is 23.2 Å². The van der Waals surface area contributed by atoms with Gasteiger partial charge in [-0.25, -0.2) is 13.6 Å². The first-order chi connectivity index (χ1) is 11.3. The number of benzene rings is 1. The van der Waals surface area contributed by atoms with Crippen LogP contribution in [0.1, 0.15) is 36.2 Å². The minimum Gasteiger partial charge on any atom is -0.349 e. The van der Waals surface area contributed by atoms with Gasteiger partial charge in [-0.15, -0.1) is 0 Å². The monoisotopic (exact) mass is 337 g/mol. The number of carbonyl (C=O) groups is 1. The number of aromatic nitrogens is 2. The van der Waals surface area contributed by atoms with E-state index in [1.807, 2.05) is 0 Å². The molecule has 1 aromatic heterocycles. The van der Waals surface area contributed by atoms with E-state index in [1.54, 1.807) is 6.92 Å². The summed E-state index contributed by atoms with van der Waals surface area (Å²) in [5.74, 6) is -1.63. The van der Waals surface area contributed by atoms with Gasteiger partial charge in [-0.3, -0.25) is 14.6 Å². The summed E-state index contributed by atoms with van der Waals surface area (Å²) in [5.41, 5.74) is -0.425. The highest BCUT2D eigenvalue weighted by atomic mass is 19.1. The molecule has 1 heterocycles. The average molecular weight is 337 g/mol. The second-order valence-electron chi connectivity index (χ2n) is 5.47. The van der Waals surface area contributed by atoms with E-state index in [2.05, 4.69) is 15.3 Å². The van der Waals surface area contributed by atoms with Crippen LogP contribution in [0, 0.1) is 18.6 Å². The lowest BCUT2D eigenvalue weighted by Crippen LogP contribution is -2.30. The first-order valence-corrected chi connectivity index (χ1v) is 7.34. The van der Waals surface area contributed by atoms with Crippen molar-refractivity contribution in [3.05, 3.63) is 67.5 Å². The maximum atomic E-state index is 13.7. The third-order valence-corrected chi connectivity index (χ3v) is 3.66. The van der Waals surface area contributed by atoms with Crippen LogP contribution in [0.4, 0.5) is 8.78 Å². The molecule has 2 rings (SSSR count). The summed E-state index contributed by atoms with van der Waals surface area (Å²) in [7, 11) is 0. The number of aromatic amines is 2. The van der Waals surface area contributed by atoms with Crippen molar-refractivity contribution >= 4 is 5.91 Å². The molecule has 0 fully saturated rings. The first kappa shape index (κ1) is 17.6. The summed E-state index contributed by atoms with van der Waals surface area (Å²) in [5, 5.41) is 2.55. The molecule has 1 atom stereocenters. The summed E-state index contributed by atoms with van der Waals surface area (Å²) in [6, 6.07) is 2.30. The molecule has 1 unspecified atom stereocenters. The molecule has 0 saturated heterocycles. The van der Waals surface area contributed by atoms with E-state index in [4.69, 9.17) is 0 Å². The molecule has 24 heavy (non-hydrogen) atoms. The second-order valence-corrected chi connectivity index (χ2v) is 5.47. The van der Waals surface area contributed by atoms with Gasteiger partial charge in [0.2, 0.25) is 5.91 Å². The summed E-state index contributed by atoms with van der Waals surface area (Å²) in [4.78, 5) is 39.3. The number of carbonyl (C=O) groups excluding carboxylic acids is 1. The van der Waals surface area contributed by atoms with Crippen LogP contribution in [0.15, 0.2) is 27.8 Å². The smallest absolute Gasteiger partial charge is 0.325 e. The van der Waals surface area contributed by atoms with Crippen molar-refractivity contribution in [2.45, 2.75) is 32.7 Å². The molecule has 0 aliphatic rings. The van der Waals surface area contributed by atoms with E-state index in [9.17, 15) is 23.2 Å². The molecule has 1 amide bonds. The molecule has 0 spiro atoms. The van der Waals surface area contributed by atoms with Gasteiger partial charge in [-0.05, 0) is 38.5 Å². The van der Waals surface area contributed by atoms with Gasteiger partial charge in [0.1, 0.15) is 11.6 Å². The highest BCUT2D eigenvalue weighted by Gasteiger charge is 2.15. The number of amides is 1. The minimum atomic E-state index is -0.719. The third kappa shape index (κ3) is 4.15. The number of aryl methyl sites for hydroxylation is 1. The van der Waals surface area contributed by atoms with Gasteiger partial charge in [0.25, 0.3) is 5.56 Å². The Morgan fingerprint density at radius 3 is 2.62 bits per heavy atom. The average Bonchev–Trinajstić information content (AvgIpc) is 2.48. The standard InChI is InChI=1S/C16H17F2N3O3/c1-8-11(15(23)21-16(24)20-8)4-6-14(22)19-9(2)12-7-10(17)3-5-13(12)18/h3,5,7,9H,4,6H2,1-2H3,(H,19,22)(H2,20,21,23,24). The van der Waals surface area contributed by atoms with Gasteiger partial charge < -0.3 is 10.3 Å². The molecular weight excluding hydrogens is 320 g/mol. The maximum Gasteiger partial charge on any atom is 0.325 e. The Bertz CT molecular complexity index is 874. The third-order valence-electron chi connectivity index (χ3n) is 3.66. The zero-order valence-corrected chi connectivity index (χ0v) is 13.2. The lowest BCUT2D eigenvalue weighted by molar-refractivity contribution is -0.121. The molecule has 0 saturated carbocycles. The molecule has 0 radical (unpaired) electrons. The lowest BCUT2D eigenvalue weighted by Gasteiger charge is -2.15. The Labute approximate surface area is 135 Å². The van der Waals surface area contributed by atoms with E-state index < -0.39 is 34.8 Å².